The number of hydrogen-bond donors (Lipinski definition) is 2. The van der Waals surface area contributed by atoms with E-state index in [9.17, 15) is 0 Å². The van der Waals surface area contributed by atoms with Crippen molar-refractivity contribution in [3.8, 4) is 5.75 Å². The number of rotatable bonds is 3. The van der Waals surface area contributed by atoms with Crippen LogP contribution in [0.5, 0.6) is 5.75 Å². The minimum atomic E-state index is 0.780. The van der Waals surface area contributed by atoms with Gasteiger partial charge >= 0.3 is 0 Å². The second kappa shape index (κ2) is 7.09. The summed E-state index contributed by atoms with van der Waals surface area (Å²) in [6.45, 7) is 5.76. The lowest BCUT2D eigenvalue weighted by molar-refractivity contribution is 0.306. The molecule has 1 heterocycles. The molecule has 4 nitrogen and oxygen atoms in total. The van der Waals surface area contributed by atoms with Crippen LogP contribution in [0, 0.1) is 0 Å². The number of nitrogens with zero attached hydrogens (tertiary/aromatic N) is 1. The molecule has 1 aromatic carbocycles. The van der Waals surface area contributed by atoms with Crippen LogP contribution >= 0.6 is 0 Å². The van der Waals surface area contributed by atoms with Crippen molar-refractivity contribution in [1.29, 1.82) is 0 Å². The van der Waals surface area contributed by atoms with Crippen LogP contribution in [-0.4, -0.2) is 38.6 Å². The lowest BCUT2D eigenvalue weighted by Crippen LogP contribution is -2.39. The summed E-state index contributed by atoms with van der Waals surface area (Å²) in [5.74, 6) is 0.997. The fourth-order valence-electron chi connectivity index (χ4n) is 1.64. The molecular weight excluding hydrogens is 204 g/mol. The van der Waals surface area contributed by atoms with Crippen LogP contribution in [0.15, 0.2) is 24.3 Å². The van der Waals surface area contributed by atoms with E-state index in [1.807, 2.05) is 18.2 Å². The highest BCUT2D eigenvalue weighted by molar-refractivity contribution is 5.59. The molecule has 0 fully saturated rings. The summed E-state index contributed by atoms with van der Waals surface area (Å²) < 4.78 is 5.56. The molecule has 0 aromatic heterocycles. The zero-order chi connectivity index (χ0) is 11.8. The van der Waals surface area contributed by atoms with Crippen LogP contribution in [0.4, 0.5) is 5.69 Å². The molecule has 0 atom stereocenters. The van der Waals surface area contributed by atoms with Crippen LogP contribution in [0.2, 0.25) is 0 Å². The van der Waals surface area contributed by atoms with E-state index in [0.29, 0.717) is 0 Å². The van der Waals surface area contributed by atoms with Crippen molar-refractivity contribution in [2.24, 2.45) is 0 Å². The standard InChI is InChI=1S/C11H16N2O.CH4O/c1-2-12-9-13-7-8-14-11-6-4-3-5-10(11)13;1-2/h3-6,12H,2,7-9H2,1H3;2H,1H3. The molecule has 2 N–H and O–H groups in total. The normalized spacial score (nSPS) is 13.3. The van der Waals surface area contributed by atoms with Crippen LogP contribution in [0.25, 0.3) is 0 Å². The third-order valence-electron chi connectivity index (χ3n) is 2.38. The lowest BCUT2D eigenvalue weighted by Gasteiger charge is -2.31. The Balaban J connectivity index is 0.000000606. The van der Waals surface area contributed by atoms with Gasteiger partial charge in [0.2, 0.25) is 0 Å². The first-order valence-electron chi connectivity index (χ1n) is 5.54. The molecule has 1 aliphatic heterocycles. The maximum atomic E-state index is 7.00. The van der Waals surface area contributed by atoms with E-state index < -0.39 is 0 Å². The molecule has 0 radical (unpaired) electrons. The Morgan fingerprint density at radius 3 is 2.88 bits per heavy atom. The van der Waals surface area contributed by atoms with Gasteiger partial charge in [-0.3, -0.25) is 0 Å². The SMILES string of the molecule is CCNCN1CCOc2ccccc21.CO. The number of benzene rings is 1. The van der Waals surface area contributed by atoms with Gasteiger partial charge in [0.15, 0.2) is 0 Å². The van der Waals surface area contributed by atoms with Crippen molar-refractivity contribution in [1.82, 2.24) is 5.32 Å². The van der Waals surface area contributed by atoms with E-state index in [0.717, 1.165) is 39.2 Å². The Morgan fingerprint density at radius 1 is 1.38 bits per heavy atom. The number of aliphatic hydroxyl groups excluding tert-OH is 1. The molecule has 1 aliphatic rings. The van der Waals surface area contributed by atoms with Gasteiger partial charge in [-0.15, -0.1) is 0 Å². The number of fused-ring (bicyclic) bond motifs is 1. The second-order valence-corrected chi connectivity index (χ2v) is 3.34. The fourth-order valence-corrected chi connectivity index (χ4v) is 1.64. The number of nitrogens with one attached hydrogen (secondary N) is 1. The first kappa shape index (κ1) is 12.8. The fraction of sp³-hybridized carbons (Fsp3) is 0.500. The van der Waals surface area contributed by atoms with E-state index in [-0.39, 0.29) is 0 Å². The molecule has 0 bridgehead atoms. The molecular formula is C12H20N2O2. The monoisotopic (exact) mass is 224 g/mol. The predicted octanol–water partition coefficient (Wildman–Crippen LogP) is 1.06. The van der Waals surface area contributed by atoms with Crippen LogP contribution in [0.3, 0.4) is 0 Å². The first-order valence-corrected chi connectivity index (χ1v) is 5.54. The number of ether oxygens (including phenoxy) is 1. The largest absolute Gasteiger partial charge is 0.490 e. The molecule has 0 amide bonds. The lowest BCUT2D eigenvalue weighted by atomic mass is 10.2. The van der Waals surface area contributed by atoms with Gasteiger partial charge in [0.1, 0.15) is 12.4 Å². The maximum Gasteiger partial charge on any atom is 0.142 e. The van der Waals surface area contributed by atoms with E-state index in [1.54, 1.807) is 0 Å². The summed E-state index contributed by atoms with van der Waals surface area (Å²) in [4.78, 5) is 2.31. The van der Waals surface area contributed by atoms with Gasteiger partial charge in [0.05, 0.1) is 18.9 Å². The first-order chi connectivity index (χ1) is 7.92. The highest BCUT2D eigenvalue weighted by Gasteiger charge is 2.15. The minimum absolute atomic E-state index is 0.780. The Bertz CT molecular complexity index is 305. The third kappa shape index (κ3) is 3.12. The molecule has 2 rings (SSSR count). The van der Waals surface area contributed by atoms with Gasteiger partial charge in [-0.1, -0.05) is 19.1 Å². The van der Waals surface area contributed by atoms with Crippen molar-refractivity contribution in [3.63, 3.8) is 0 Å². The summed E-state index contributed by atoms with van der Waals surface area (Å²) in [5.41, 5.74) is 1.19. The van der Waals surface area contributed by atoms with Crippen LogP contribution < -0.4 is 15.0 Å². The van der Waals surface area contributed by atoms with Crippen molar-refractivity contribution in [2.75, 3.05) is 38.4 Å². The van der Waals surface area contributed by atoms with Crippen molar-refractivity contribution in [2.45, 2.75) is 6.92 Å². The van der Waals surface area contributed by atoms with Crippen LogP contribution in [0.1, 0.15) is 6.92 Å². The van der Waals surface area contributed by atoms with E-state index in [2.05, 4.69) is 23.2 Å². The Hall–Kier alpha value is -1.26. The van der Waals surface area contributed by atoms with E-state index in [4.69, 9.17) is 9.84 Å². The van der Waals surface area contributed by atoms with Gasteiger partial charge < -0.3 is 20.1 Å². The molecule has 0 saturated heterocycles. The maximum absolute atomic E-state index is 7.00. The zero-order valence-corrected chi connectivity index (χ0v) is 9.94. The smallest absolute Gasteiger partial charge is 0.142 e. The molecule has 0 aliphatic carbocycles. The molecule has 0 saturated carbocycles. The van der Waals surface area contributed by atoms with Gasteiger partial charge in [0, 0.05) is 7.11 Å². The highest BCUT2D eigenvalue weighted by Crippen LogP contribution is 2.30. The van der Waals surface area contributed by atoms with Gasteiger partial charge in [0.25, 0.3) is 0 Å². The molecule has 1 aromatic rings. The number of anilines is 1. The quantitative estimate of drug-likeness (QED) is 0.806. The zero-order valence-electron chi connectivity index (χ0n) is 9.94. The molecule has 4 heteroatoms. The summed E-state index contributed by atoms with van der Waals surface area (Å²) in [5, 5.41) is 10.3. The molecule has 90 valence electrons. The van der Waals surface area contributed by atoms with Crippen molar-refractivity contribution in [3.05, 3.63) is 24.3 Å². The summed E-state index contributed by atoms with van der Waals surface area (Å²) >= 11 is 0. The number of hydrogen-bond acceptors (Lipinski definition) is 4. The molecule has 16 heavy (non-hydrogen) atoms. The topological polar surface area (TPSA) is 44.7 Å². The van der Waals surface area contributed by atoms with Crippen molar-refractivity contribution >= 4 is 5.69 Å². The van der Waals surface area contributed by atoms with Crippen LogP contribution in [-0.2, 0) is 0 Å². The van der Waals surface area contributed by atoms with Crippen molar-refractivity contribution < 1.29 is 9.84 Å². The third-order valence-corrected chi connectivity index (χ3v) is 2.38. The average molecular weight is 224 g/mol. The summed E-state index contributed by atoms with van der Waals surface area (Å²) in [7, 11) is 1.00. The highest BCUT2D eigenvalue weighted by atomic mass is 16.5. The minimum Gasteiger partial charge on any atom is -0.490 e. The number of para-hydroxylation sites is 2. The predicted molar refractivity (Wildman–Crippen MR) is 66.0 cm³/mol. The van der Waals surface area contributed by atoms with E-state index in [1.165, 1.54) is 5.69 Å². The Labute approximate surface area is 96.8 Å². The van der Waals surface area contributed by atoms with E-state index >= 15 is 0 Å². The summed E-state index contributed by atoms with van der Waals surface area (Å²) in [6, 6.07) is 8.18. The Morgan fingerprint density at radius 2 is 2.12 bits per heavy atom. The van der Waals surface area contributed by atoms with Gasteiger partial charge in [-0.25, -0.2) is 0 Å². The Kier molecular flexibility index (Phi) is 5.67. The van der Waals surface area contributed by atoms with Gasteiger partial charge in [-0.05, 0) is 18.7 Å². The molecule has 0 unspecified atom stereocenters. The average Bonchev–Trinajstić information content (AvgIpc) is 2.38. The number of aliphatic hydroxyl groups is 1. The molecule has 0 spiro atoms. The summed E-state index contributed by atoms with van der Waals surface area (Å²) in [6.07, 6.45) is 0. The van der Waals surface area contributed by atoms with Gasteiger partial charge in [-0.2, -0.15) is 0 Å². The second-order valence-electron chi connectivity index (χ2n) is 3.34.